The zero-order valence-electron chi connectivity index (χ0n) is 14.5. The third-order valence-electron chi connectivity index (χ3n) is 3.56. The Balaban J connectivity index is 1.78. The number of carbonyl (C=O) groups excluding carboxylic acids is 1. The Kier molecular flexibility index (Phi) is 5.54. The Morgan fingerprint density at radius 3 is 2.24 bits per heavy atom. The molecule has 0 spiro atoms. The number of amides is 1. The van der Waals surface area contributed by atoms with Crippen LogP contribution >= 0.6 is 0 Å². The summed E-state index contributed by atoms with van der Waals surface area (Å²) >= 11 is 0. The van der Waals surface area contributed by atoms with Gasteiger partial charge < -0.3 is 4.74 Å². The number of nitro benzene ring substituents is 1. The van der Waals surface area contributed by atoms with Crippen LogP contribution in [0.15, 0.2) is 60.9 Å². The van der Waals surface area contributed by atoms with E-state index in [4.69, 9.17) is 4.74 Å². The molecule has 0 fully saturated rings. The second kappa shape index (κ2) is 8.39. The van der Waals surface area contributed by atoms with Crippen LogP contribution in [0.25, 0.3) is 0 Å². The minimum Gasteiger partial charge on any atom is -0.434 e. The van der Waals surface area contributed by atoms with Gasteiger partial charge in [0, 0.05) is 17.7 Å². The molecular weight excluding hydrogens is 384 g/mol. The van der Waals surface area contributed by atoms with Crippen molar-refractivity contribution in [3.05, 3.63) is 86.7 Å². The van der Waals surface area contributed by atoms with Gasteiger partial charge in [-0.2, -0.15) is 4.98 Å². The van der Waals surface area contributed by atoms with Crippen molar-refractivity contribution in [2.45, 2.75) is 0 Å². The fourth-order valence-electron chi connectivity index (χ4n) is 2.22. The number of ether oxygens (including phenoxy) is 1. The quantitative estimate of drug-likeness (QED) is 0.451. The first-order valence-corrected chi connectivity index (χ1v) is 7.99. The van der Waals surface area contributed by atoms with E-state index in [1.54, 1.807) is 30.3 Å². The number of nitro groups is 2. The lowest BCUT2D eigenvalue weighted by molar-refractivity contribution is -0.385. The molecule has 3 aromatic rings. The van der Waals surface area contributed by atoms with Crippen LogP contribution in [0, 0.1) is 20.2 Å². The molecule has 1 aromatic heterocycles. The third-order valence-corrected chi connectivity index (χ3v) is 3.56. The highest BCUT2D eigenvalue weighted by Crippen LogP contribution is 2.33. The molecule has 0 bridgehead atoms. The molecule has 1 amide bonds. The van der Waals surface area contributed by atoms with Crippen molar-refractivity contribution in [1.82, 2.24) is 15.4 Å². The molecule has 0 radical (unpaired) electrons. The highest BCUT2D eigenvalue weighted by atomic mass is 16.6. The fourth-order valence-corrected chi connectivity index (χ4v) is 2.22. The number of carbonyl (C=O) groups is 1. The molecule has 0 aliphatic rings. The fraction of sp³-hybridized carbons (Fsp3) is 0. The molecule has 0 atom stereocenters. The molecule has 12 nitrogen and oxygen atoms in total. The van der Waals surface area contributed by atoms with E-state index in [1.165, 1.54) is 12.1 Å². The lowest BCUT2D eigenvalue weighted by Gasteiger charge is -2.10. The number of hydrogen-bond donors (Lipinski definition) is 2. The maximum atomic E-state index is 12.2. The lowest BCUT2D eigenvalue weighted by Crippen LogP contribution is -2.30. The van der Waals surface area contributed by atoms with Gasteiger partial charge >= 0.3 is 11.6 Å². The zero-order valence-corrected chi connectivity index (χ0v) is 14.5. The van der Waals surface area contributed by atoms with Crippen LogP contribution in [0.1, 0.15) is 10.4 Å². The molecule has 2 N–H and O–H groups in total. The van der Waals surface area contributed by atoms with E-state index >= 15 is 0 Å². The highest BCUT2D eigenvalue weighted by Gasteiger charge is 2.25. The van der Waals surface area contributed by atoms with Crippen LogP contribution in [0.4, 0.5) is 17.2 Å². The maximum absolute atomic E-state index is 12.2. The number of nitrogens with one attached hydrogen (secondary N) is 2. The number of hydrogen-bond acceptors (Lipinski definition) is 9. The second-order valence-corrected chi connectivity index (χ2v) is 5.43. The smallest absolute Gasteiger partial charge is 0.374 e. The summed E-state index contributed by atoms with van der Waals surface area (Å²) in [5.74, 6) is -0.969. The summed E-state index contributed by atoms with van der Waals surface area (Å²) in [6, 6.07) is 13.1. The van der Waals surface area contributed by atoms with E-state index in [0.717, 1.165) is 18.5 Å². The van der Waals surface area contributed by atoms with E-state index in [9.17, 15) is 25.0 Å². The first kappa shape index (κ1) is 19.2. The van der Waals surface area contributed by atoms with Crippen LogP contribution in [0.3, 0.4) is 0 Å². The molecule has 29 heavy (non-hydrogen) atoms. The number of non-ortho nitro benzene ring substituents is 1. The maximum Gasteiger partial charge on any atom is 0.374 e. The minimum atomic E-state index is -0.751. The summed E-state index contributed by atoms with van der Waals surface area (Å²) in [5, 5.41) is 22.1. The SMILES string of the molecule is O=C(NNc1ncnc(Oc2ccccc2)c1[N+](=O)[O-])c1ccc([N+](=O)[O-])cc1. The van der Waals surface area contributed by atoms with Crippen LogP contribution in [-0.4, -0.2) is 25.7 Å². The number of hydrazine groups is 1. The van der Waals surface area contributed by atoms with Gasteiger partial charge in [0.15, 0.2) is 0 Å². The minimum absolute atomic E-state index is 0.0977. The third kappa shape index (κ3) is 4.57. The van der Waals surface area contributed by atoms with Crippen molar-refractivity contribution < 1.29 is 19.4 Å². The van der Waals surface area contributed by atoms with E-state index in [0.29, 0.717) is 5.75 Å². The van der Waals surface area contributed by atoms with Gasteiger partial charge in [-0.15, -0.1) is 0 Å². The molecular formula is C17H12N6O6. The normalized spacial score (nSPS) is 10.1. The Morgan fingerprint density at radius 2 is 1.62 bits per heavy atom. The first-order valence-electron chi connectivity index (χ1n) is 7.99. The van der Waals surface area contributed by atoms with Gasteiger partial charge in [0.2, 0.25) is 5.82 Å². The summed E-state index contributed by atoms with van der Waals surface area (Å²) < 4.78 is 5.43. The van der Waals surface area contributed by atoms with Crippen LogP contribution in [-0.2, 0) is 0 Å². The van der Waals surface area contributed by atoms with Gasteiger partial charge in [-0.05, 0) is 24.3 Å². The van der Waals surface area contributed by atoms with E-state index in [-0.39, 0.29) is 22.9 Å². The van der Waals surface area contributed by atoms with Crippen molar-refractivity contribution in [3.63, 3.8) is 0 Å². The average molecular weight is 396 g/mol. The summed E-state index contributed by atoms with van der Waals surface area (Å²) in [7, 11) is 0. The van der Waals surface area contributed by atoms with Gasteiger partial charge in [-0.1, -0.05) is 18.2 Å². The average Bonchev–Trinajstić information content (AvgIpc) is 2.72. The number of aromatic nitrogens is 2. The number of benzene rings is 2. The van der Waals surface area contributed by atoms with Crippen molar-refractivity contribution in [2.24, 2.45) is 0 Å². The van der Waals surface area contributed by atoms with Gasteiger partial charge in [0.05, 0.1) is 9.85 Å². The van der Waals surface area contributed by atoms with Gasteiger partial charge in [-0.25, -0.2) is 4.98 Å². The first-order chi connectivity index (χ1) is 14.0. The number of para-hydroxylation sites is 1. The number of nitrogens with zero attached hydrogens (tertiary/aromatic N) is 4. The lowest BCUT2D eigenvalue weighted by atomic mass is 10.2. The molecule has 0 saturated heterocycles. The van der Waals surface area contributed by atoms with E-state index in [1.807, 2.05) is 0 Å². The molecule has 146 valence electrons. The molecule has 1 heterocycles. The monoisotopic (exact) mass is 396 g/mol. The molecule has 2 aromatic carbocycles. The summed E-state index contributed by atoms with van der Waals surface area (Å²) in [5.41, 5.74) is 3.93. The molecule has 12 heteroatoms. The van der Waals surface area contributed by atoms with Crippen LogP contribution < -0.4 is 15.6 Å². The second-order valence-electron chi connectivity index (χ2n) is 5.43. The Labute approximate surface area is 162 Å². The molecule has 0 unspecified atom stereocenters. The van der Waals surface area contributed by atoms with Crippen LogP contribution in [0.2, 0.25) is 0 Å². The summed E-state index contributed by atoms with van der Waals surface area (Å²) in [6.07, 6.45) is 1.03. The van der Waals surface area contributed by atoms with Crippen LogP contribution in [0.5, 0.6) is 11.6 Å². The highest BCUT2D eigenvalue weighted by molar-refractivity contribution is 5.95. The zero-order chi connectivity index (χ0) is 20.8. The summed E-state index contributed by atoms with van der Waals surface area (Å²) in [6.45, 7) is 0. The summed E-state index contributed by atoms with van der Waals surface area (Å²) in [4.78, 5) is 40.5. The van der Waals surface area contributed by atoms with E-state index in [2.05, 4.69) is 20.8 Å². The largest absolute Gasteiger partial charge is 0.434 e. The molecule has 0 aliphatic carbocycles. The Hall–Kier alpha value is -4.61. The Bertz CT molecular complexity index is 1060. The van der Waals surface area contributed by atoms with Crippen molar-refractivity contribution in [3.8, 4) is 11.6 Å². The predicted molar refractivity (Wildman–Crippen MR) is 99.4 cm³/mol. The van der Waals surface area contributed by atoms with Gasteiger partial charge in [0.1, 0.15) is 12.1 Å². The predicted octanol–water partition coefficient (Wildman–Crippen LogP) is 2.84. The Morgan fingerprint density at radius 1 is 0.931 bits per heavy atom. The number of anilines is 1. The van der Waals surface area contributed by atoms with E-state index < -0.39 is 21.4 Å². The standard InChI is InChI=1S/C17H12N6O6/c24-16(11-6-8-12(9-7-11)22(25)26)21-20-15-14(23(27)28)17(19-10-18-15)29-13-4-2-1-3-5-13/h1-10H,(H,21,24)(H,18,19,20). The molecule has 0 saturated carbocycles. The van der Waals surface area contributed by atoms with Gasteiger partial charge in [0.25, 0.3) is 11.6 Å². The van der Waals surface area contributed by atoms with Crippen molar-refractivity contribution in [2.75, 3.05) is 5.43 Å². The van der Waals surface area contributed by atoms with Crippen molar-refractivity contribution >= 4 is 23.1 Å². The number of rotatable bonds is 7. The van der Waals surface area contributed by atoms with Gasteiger partial charge in [-0.3, -0.25) is 35.9 Å². The topological polar surface area (TPSA) is 162 Å². The molecule has 0 aliphatic heterocycles. The van der Waals surface area contributed by atoms with Crippen molar-refractivity contribution in [1.29, 1.82) is 0 Å². The molecule has 3 rings (SSSR count).